The standard InChI is InChI=1S/C18H22O4.H4O7P2/c19-11-18(12-20,13-21)17(22)16(14-7-3-1-4-8-14)15-9-5-2-6-10-15;1-8(2,3)7-9(4,5)6/h1-10,16-17,19-22H,11-13H2;(H2,1,2,3)(H2,4,5,6). The van der Waals surface area contributed by atoms with Crippen LogP contribution in [0.15, 0.2) is 60.7 Å². The molecule has 11 nitrogen and oxygen atoms in total. The summed E-state index contributed by atoms with van der Waals surface area (Å²) in [7, 11) is -10.1. The quantitative estimate of drug-likeness (QED) is 0.230. The lowest BCUT2D eigenvalue weighted by Crippen LogP contribution is -2.48. The highest BCUT2D eigenvalue weighted by molar-refractivity contribution is 7.60. The fourth-order valence-corrected chi connectivity index (χ4v) is 3.91. The SMILES string of the molecule is O=P(O)(O)OP(=O)(O)O.OCC(CO)(CO)C(O)C(c1ccccc1)c1ccccc1. The zero-order chi connectivity index (χ0) is 23.7. The van der Waals surface area contributed by atoms with Crippen LogP contribution in [0.2, 0.25) is 0 Å². The van der Waals surface area contributed by atoms with Crippen LogP contribution >= 0.6 is 15.6 Å². The number of phosphoric acid groups is 2. The number of rotatable bonds is 9. The highest BCUT2D eigenvalue weighted by Gasteiger charge is 2.42. The van der Waals surface area contributed by atoms with Crippen LogP contribution < -0.4 is 0 Å². The van der Waals surface area contributed by atoms with Gasteiger partial charge in [-0.15, -0.1) is 0 Å². The van der Waals surface area contributed by atoms with Gasteiger partial charge in [0, 0.05) is 5.92 Å². The van der Waals surface area contributed by atoms with Crippen LogP contribution in [0.25, 0.3) is 0 Å². The average Bonchev–Trinajstić information content (AvgIpc) is 2.69. The molecule has 0 saturated heterocycles. The van der Waals surface area contributed by atoms with Crippen molar-refractivity contribution in [1.29, 1.82) is 0 Å². The summed E-state index contributed by atoms with van der Waals surface area (Å²) in [6, 6.07) is 18.8. The number of hydrogen-bond donors (Lipinski definition) is 8. The Kier molecular flexibility index (Phi) is 10.6. The van der Waals surface area contributed by atoms with Crippen LogP contribution in [0.4, 0.5) is 0 Å². The molecule has 1 atom stereocenters. The summed E-state index contributed by atoms with van der Waals surface area (Å²) in [6.45, 7) is -1.51. The van der Waals surface area contributed by atoms with Gasteiger partial charge in [0.25, 0.3) is 0 Å². The minimum absolute atomic E-state index is 0.450. The predicted octanol–water partition coefficient (Wildman–Crippen LogP) is 0.331. The van der Waals surface area contributed by atoms with Crippen molar-refractivity contribution in [3.63, 3.8) is 0 Å². The highest BCUT2D eigenvalue weighted by atomic mass is 31.3. The van der Waals surface area contributed by atoms with Crippen LogP contribution in [0, 0.1) is 5.41 Å². The van der Waals surface area contributed by atoms with Gasteiger partial charge in [-0.2, -0.15) is 4.31 Å². The third-order valence-electron chi connectivity index (χ3n) is 4.42. The second-order valence-electron chi connectivity index (χ2n) is 6.64. The molecule has 0 heterocycles. The van der Waals surface area contributed by atoms with Gasteiger partial charge in [0.2, 0.25) is 0 Å². The molecule has 0 spiro atoms. The molecule has 1 unspecified atom stereocenters. The van der Waals surface area contributed by atoms with E-state index in [9.17, 15) is 29.6 Å². The highest BCUT2D eigenvalue weighted by Crippen LogP contribution is 2.53. The summed E-state index contributed by atoms with van der Waals surface area (Å²) < 4.78 is 22.2. The summed E-state index contributed by atoms with van der Waals surface area (Å²) in [5.41, 5.74) is 0.359. The zero-order valence-corrected chi connectivity index (χ0v) is 18.0. The van der Waals surface area contributed by atoms with Crippen LogP contribution in [0.5, 0.6) is 0 Å². The van der Waals surface area contributed by atoms with Crippen molar-refractivity contribution in [1.82, 2.24) is 0 Å². The normalized spacial score (nSPS) is 13.5. The van der Waals surface area contributed by atoms with Gasteiger partial charge in [0.1, 0.15) is 0 Å². The fraction of sp³-hybridized carbons (Fsp3) is 0.333. The van der Waals surface area contributed by atoms with E-state index < -0.39 is 52.9 Å². The van der Waals surface area contributed by atoms with E-state index in [0.717, 1.165) is 11.1 Å². The third-order valence-corrected chi connectivity index (χ3v) is 6.12. The summed E-state index contributed by atoms with van der Waals surface area (Å²) in [5, 5.41) is 39.7. The Morgan fingerprint density at radius 3 is 1.26 bits per heavy atom. The molecule has 0 amide bonds. The zero-order valence-electron chi connectivity index (χ0n) is 16.2. The van der Waals surface area contributed by atoms with Gasteiger partial charge in [-0.1, -0.05) is 60.7 Å². The van der Waals surface area contributed by atoms with Crippen molar-refractivity contribution >= 4 is 15.6 Å². The third kappa shape index (κ3) is 8.89. The van der Waals surface area contributed by atoms with Gasteiger partial charge in [0.05, 0.1) is 31.3 Å². The Balaban J connectivity index is 0.000000452. The smallest absolute Gasteiger partial charge is 0.396 e. The Labute approximate surface area is 178 Å². The molecular weight excluding hydrogens is 454 g/mol. The van der Waals surface area contributed by atoms with E-state index in [-0.39, 0.29) is 0 Å². The molecule has 0 aliphatic carbocycles. The van der Waals surface area contributed by atoms with E-state index in [0.29, 0.717) is 0 Å². The lowest BCUT2D eigenvalue weighted by Gasteiger charge is -2.38. The molecular formula is C18H26O11P2. The summed E-state index contributed by atoms with van der Waals surface area (Å²) in [4.78, 5) is 31.0. The minimum Gasteiger partial charge on any atom is -0.396 e. The molecule has 0 aliphatic rings. The lowest BCUT2D eigenvalue weighted by molar-refractivity contribution is -0.0887. The summed E-state index contributed by atoms with van der Waals surface area (Å²) in [5.74, 6) is -0.450. The van der Waals surface area contributed by atoms with E-state index in [1.165, 1.54) is 0 Å². The lowest BCUT2D eigenvalue weighted by atomic mass is 9.73. The Hall–Kier alpha value is -1.46. The molecule has 2 rings (SSSR count). The topological polar surface area (TPSA) is 205 Å². The molecule has 8 N–H and O–H groups in total. The maximum atomic E-state index is 10.8. The Morgan fingerprint density at radius 2 is 1.03 bits per heavy atom. The molecule has 0 radical (unpaired) electrons. The van der Waals surface area contributed by atoms with Gasteiger partial charge >= 0.3 is 15.6 Å². The van der Waals surface area contributed by atoms with E-state index in [2.05, 4.69) is 4.31 Å². The molecule has 31 heavy (non-hydrogen) atoms. The van der Waals surface area contributed by atoms with Gasteiger partial charge in [-0.25, -0.2) is 9.13 Å². The molecule has 0 bridgehead atoms. The van der Waals surface area contributed by atoms with Crippen molar-refractivity contribution < 1.29 is 53.4 Å². The average molecular weight is 480 g/mol. The first-order chi connectivity index (χ1) is 14.4. The maximum absolute atomic E-state index is 10.8. The van der Waals surface area contributed by atoms with E-state index in [4.69, 9.17) is 19.6 Å². The van der Waals surface area contributed by atoms with Crippen molar-refractivity contribution in [2.24, 2.45) is 5.41 Å². The van der Waals surface area contributed by atoms with Gasteiger partial charge in [0.15, 0.2) is 0 Å². The van der Waals surface area contributed by atoms with Gasteiger partial charge in [-0.3, -0.25) is 0 Å². The van der Waals surface area contributed by atoms with Crippen molar-refractivity contribution in [3.8, 4) is 0 Å². The van der Waals surface area contributed by atoms with Crippen LogP contribution in [0.1, 0.15) is 17.0 Å². The largest absolute Gasteiger partial charge is 0.478 e. The number of benzene rings is 2. The molecule has 0 fully saturated rings. The van der Waals surface area contributed by atoms with Crippen molar-refractivity contribution in [2.45, 2.75) is 12.0 Å². The number of aliphatic hydroxyl groups is 4. The van der Waals surface area contributed by atoms with Crippen LogP contribution in [0.3, 0.4) is 0 Å². The van der Waals surface area contributed by atoms with Gasteiger partial charge < -0.3 is 40.0 Å². The Bertz CT molecular complexity index is 795. The second kappa shape index (κ2) is 12.0. The van der Waals surface area contributed by atoms with Crippen molar-refractivity contribution in [2.75, 3.05) is 19.8 Å². The Morgan fingerprint density at radius 1 is 0.710 bits per heavy atom. The first kappa shape index (κ1) is 27.6. The molecule has 2 aromatic rings. The molecule has 0 aliphatic heterocycles. The fourth-order valence-electron chi connectivity index (χ4n) is 2.80. The van der Waals surface area contributed by atoms with Crippen molar-refractivity contribution in [3.05, 3.63) is 71.8 Å². The minimum atomic E-state index is -5.05. The van der Waals surface area contributed by atoms with E-state index >= 15 is 0 Å². The number of hydrogen-bond acceptors (Lipinski definition) is 7. The van der Waals surface area contributed by atoms with E-state index in [1.807, 2.05) is 60.7 Å². The first-order valence-corrected chi connectivity index (χ1v) is 11.9. The molecule has 2 aromatic carbocycles. The molecule has 13 heteroatoms. The van der Waals surface area contributed by atoms with E-state index in [1.54, 1.807) is 0 Å². The summed E-state index contributed by atoms with van der Waals surface area (Å²) >= 11 is 0. The van der Waals surface area contributed by atoms with Crippen LogP contribution in [-0.2, 0) is 13.4 Å². The maximum Gasteiger partial charge on any atom is 0.478 e. The molecule has 0 aromatic heterocycles. The monoisotopic (exact) mass is 480 g/mol. The van der Waals surface area contributed by atoms with Gasteiger partial charge in [-0.05, 0) is 11.1 Å². The second-order valence-corrected chi connectivity index (χ2v) is 9.26. The molecule has 0 saturated carbocycles. The number of aliphatic hydroxyl groups excluding tert-OH is 4. The predicted molar refractivity (Wildman–Crippen MR) is 110 cm³/mol. The van der Waals surface area contributed by atoms with Crippen LogP contribution in [-0.4, -0.2) is 65.9 Å². The first-order valence-electron chi connectivity index (χ1n) is 8.82. The molecule has 174 valence electrons. The summed E-state index contributed by atoms with van der Waals surface area (Å²) in [6.07, 6.45) is -1.13.